The third-order valence-corrected chi connectivity index (χ3v) is 2.52. The number of carbonyl (C=O) groups is 1. The first kappa shape index (κ1) is 10.5. The molecule has 3 aromatic heterocycles. The molecule has 1 N–H and O–H groups in total. The Morgan fingerprint density at radius 3 is 2.94 bits per heavy atom. The van der Waals surface area contributed by atoms with E-state index in [-0.39, 0.29) is 5.69 Å². The Morgan fingerprint density at radius 2 is 2.28 bits per heavy atom. The van der Waals surface area contributed by atoms with Crippen LogP contribution in [0.4, 0.5) is 0 Å². The Balaban J connectivity index is 2.29. The number of carboxylic acid groups (broad SMARTS) is 1. The molecule has 18 heavy (non-hydrogen) atoms. The van der Waals surface area contributed by atoms with Gasteiger partial charge in [0.15, 0.2) is 17.1 Å². The summed E-state index contributed by atoms with van der Waals surface area (Å²) in [5, 5.41) is 16.8. The van der Waals surface area contributed by atoms with Crippen LogP contribution in [-0.2, 0) is 0 Å². The van der Waals surface area contributed by atoms with Crippen molar-refractivity contribution in [2.24, 2.45) is 0 Å². The van der Waals surface area contributed by atoms with Gasteiger partial charge in [-0.3, -0.25) is 4.40 Å². The number of aryl methyl sites for hydroxylation is 1. The highest BCUT2D eigenvalue weighted by Gasteiger charge is 2.16. The lowest BCUT2D eigenvalue weighted by molar-refractivity contribution is 0.0690. The van der Waals surface area contributed by atoms with Crippen molar-refractivity contribution in [1.82, 2.24) is 19.6 Å². The largest absolute Gasteiger partial charge is 0.477 e. The van der Waals surface area contributed by atoms with Gasteiger partial charge in [-0.15, -0.1) is 10.2 Å². The number of aromatic carboxylic acids is 1. The van der Waals surface area contributed by atoms with E-state index in [0.29, 0.717) is 23.1 Å². The minimum atomic E-state index is -1.09. The normalized spacial score (nSPS) is 10.9. The number of carboxylic acids is 1. The van der Waals surface area contributed by atoms with E-state index in [9.17, 15) is 4.79 Å². The van der Waals surface area contributed by atoms with Crippen molar-refractivity contribution in [2.45, 2.75) is 6.92 Å². The van der Waals surface area contributed by atoms with Crippen molar-refractivity contribution in [3.8, 4) is 11.6 Å². The molecule has 0 aliphatic rings. The van der Waals surface area contributed by atoms with Crippen LogP contribution in [0.3, 0.4) is 0 Å². The molecule has 90 valence electrons. The smallest absolute Gasteiger partial charge is 0.354 e. The minimum Gasteiger partial charge on any atom is -0.477 e. The zero-order valence-electron chi connectivity index (χ0n) is 9.36. The van der Waals surface area contributed by atoms with E-state index in [4.69, 9.17) is 9.52 Å². The third kappa shape index (κ3) is 1.45. The molecule has 3 rings (SSSR count). The van der Waals surface area contributed by atoms with Gasteiger partial charge in [0.1, 0.15) is 5.82 Å². The Labute approximate surface area is 101 Å². The van der Waals surface area contributed by atoms with E-state index in [1.54, 1.807) is 23.5 Å². The first-order valence-electron chi connectivity index (χ1n) is 5.17. The molecule has 0 fully saturated rings. The molecule has 0 aliphatic heterocycles. The van der Waals surface area contributed by atoms with Crippen LogP contribution in [0.15, 0.2) is 28.9 Å². The van der Waals surface area contributed by atoms with Crippen molar-refractivity contribution in [2.75, 3.05) is 0 Å². The fourth-order valence-electron chi connectivity index (χ4n) is 1.76. The maximum Gasteiger partial charge on any atom is 0.354 e. The number of hydrogen-bond donors (Lipinski definition) is 1. The highest BCUT2D eigenvalue weighted by atomic mass is 16.4. The molecule has 0 radical (unpaired) electrons. The van der Waals surface area contributed by atoms with E-state index >= 15 is 0 Å². The fraction of sp³-hybridized carbons (Fsp3) is 0.0909. The van der Waals surface area contributed by atoms with Gasteiger partial charge in [-0.25, -0.2) is 9.78 Å². The van der Waals surface area contributed by atoms with Gasteiger partial charge >= 0.3 is 5.97 Å². The second-order valence-corrected chi connectivity index (χ2v) is 3.69. The number of hydrogen-bond acceptors (Lipinski definition) is 5. The molecule has 3 aromatic rings. The van der Waals surface area contributed by atoms with Gasteiger partial charge in [0.2, 0.25) is 5.82 Å². The van der Waals surface area contributed by atoms with Crippen LogP contribution in [0.2, 0.25) is 0 Å². The van der Waals surface area contributed by atoms with Crippen molar-refractivity contribution < 1.29 is 14.3 Å². The molecule has 0 bridgehead atoms. The average molecular weight is 244 g/mol. The summed E-state index contributed by atoms with van der Waals surface area (Å²) in [6.07, 6.45) is 1.53. The molecule has 0 saturated heterocycles. The molecule has 7 nitrogen and oxygen atoms in total. The van der Waals surface area contributed by atoms with Gasteiger partial charge in [-0.05, 0) is 19.1 Å². The first-order chi connectivity index (χ1) is 8.66. The van der Waals surface area contributed by atoms with Gasteiger partial charge in [-0.1, -0.05) is 0 Å². The van der Waals surface area contributed by atoms with E-state index in [2.05, 4.69) is 15.2 Å². The summed E-state index contributed by atoms with van der Waals surface area (Å²) in [4.78, 5) is 14.9. The van der Waals surface area contributed by atoms with Gasteiger partial charge < -0.3 is 9.52 Å². The van der Waals surface area contributed by atoms with Crippen LogP contribution in [-0.4, -0.2) is 30.7 Å². The zero-order valence-corrected chi connectivity index (χ0v) is 9.36. The summed E-state index contributed by atoms with van der Waals surface area (Å²) in [6, 6.07) is 4.86. The van der Waals surface area contributed by atoms with Gasteiger partial charge in [0.25, 0.3) is 0 Å². The fourth-order valence-corrected chi connectivity index (χ4v) is 1.76. The van der Waals surface area contributed by atoms with E-state index in [0.717, 1.165) is 0 Å². The Bertz CT molecular complexity index is 730. The lowest BCUT2D eigenvalue weighted by atomic mass is 10.3. The molecule has 0 aromatic carbocycles. The Kier molecular flexibility index (Phi) is 2.12. The molecule has 0 atom stereocenters. The van der Waals surface area contributed by atoms with E-state index in [1.165, 1.54) is 12.3 Å². The summed E-state index contributed by atoms with van der Waals surface area (Å²) in [5.74, 6) is 0.442. The quantitative estimate of drug-likeness (QED) is 0.732. The third-order valence-electron chi connectivity index (χ3n) is 2.52. The average Bonchev–Trinajstić information content (AvgIpc) is 2.96. The van der Waals surface area contributed by atoms with Gasteiger partial charge in [0, 0.05) is 6.07 Å². The van der Waals surface area contributed by atoms with Crippen LogP contribution in [0.25, 0.3) is 17.2 Å². The van der Waals surface area contributed by atoms with E-state index in [1.807, 2.05) is 0 Å². The Morgan fingerprint density at radius 1 is 1.44 bits per heavy atom. The predicted molar refractivity (Wildman–Crippen MR) is 60.2 cm³/mol. The number of rotatable bonds is 2. The van der Waals surface area contributed by atoms with Crippen LogP contribution in [0.5, 0.6) is 0 Å². The zero-order chi connectivity index (χ0) is 12.7. The molecule has 0 aliphatic carbocycles. The molecule has 3 heterocycles. The minimum absolute atomic E-state index is 0.0570. The SMILES string of the molecule is Cc1nc(C(=O)O)cc2nnc(-c3ccco3)n12. The van der Waals surface area contributed by atoms with Gasteiger partial charge in [-0.2, -0.15) is 0 Å². The van der Waals surface area contributed by atoms with Gasteiger partial charge in [0.05, 0.1) is 6.26 Å². The summed E-state index contributed by atoms with van der Waals surface area (Å²) < 4.78 is 6.90. The molecule has 0 saturated carbocycles. The van der Waals surface area contributed by atoms with E-state index < -0.39 is 5.97 Å². The molecule has 0 unspecified atom stereocenters. The maximum atomic E-state index is 10.9. The lowest BCUT2D eigenvalue weighted by Gasteiger charge is -2.02. The maximum absolute atomic E-state index is 10.9. The second kappa shape index (κ2) is 3.66. The Hall–Kier alpha value is -2.70. The monoisotopic (exact) mass is 244 g/mol. The summed E-state index contributed by atoms with van der Waals surface area (Å²) in [7, 11) is 0. The summed E-state index contributed by atoms with van der Waals surface area (Å²) >= 11 is 0. The molecule has 0 spiro atoms. The van der Waals surface area contributed by atoms with Crippen LogP contribution in [0, 0.1) is 6.92 Å². The standard InChI is InChI=1S/C11H8N4O3/c1-6-12-7(11(16)17)5-9-13-14-10(15(6)9)8-3-2-4-18-8/h2-5H,1H3,(H,16,17). The highest BCUT2D eigenvalue weighted by molar-refractivity contribution is 5.86. The van der Waals surface area contributed by atoms with Crippen LogP contribution < -0.4 is 0 Å². The molecular formula is C11H8N4O3. The highest BCUT2D eigenvalue weighted by Crippen LogP contribution is 2.20. The second-order valence-electron chi connectivity index (χ2n) is 3.69. The van der Waals surface area contributed by atoms with Crippen molar-refractivity contribution in [3.05, 3.63) is 36.0 Å². The van der Waals surface area contributed by atoms with Crippen LogP contribution >= 0.6 is 0 Å². The van der Waals surface area contributed by atoms with Crippen LogP contribution in [0.1, 0.15) is 16.3 Å². The van der Waals surface area contributed by atoms with Crippen molar-refractivity contribution in [1.29, 1.82) is 0 Å². The topological polar surface area (TPSA) is 93.5 Å². The number of fused-ring (bicyclic) bond motifs is 1. The van der Waals surface area contributed by atoms with Crippen molar-refractivity contribution >= 4 is 11.6 Å². The summed E-state index contributed by atoms with van der Waals surface area (Å²) in [5.41, 5.74) is 0.365. The number of furan rings is 1. The predicted octanol–water partition coefficient (Wildman–Crippen LogP) is 1.39. The lowest BCUT2D eigenvalue weighted by Crippen LogP contribution is -2.06. The summed E-state index contributed by atoms with van der Waals surface area (Å²) in [6.45, 7) is 1.69. The number of aromatic nitrogens is 4. The number of nitrogens with zero attached hydrogens (tertiary/aromatic N) is 4. The first-order valence-corrected chi connectivity index (χ1v) is 5.17. The molecular weight excluding hydrogens is 236 g/mol. The molecule has 0 amide bonds. The van der Waals surface area contributed by atoms with Crippen molar-refractivity contribution in [3.63, 3.8) is 0 Å². The molecule has 7 heteroatoms.